The van der Waals surface area contributed by atoms with E-state index in [2.05, 4.69) is 17.3 Å². The average Bonchev–Trinajstić information content (AvgIpc) is 2.82. The molecule has 0 spiro atoms. The molecule has 1 aliphatic heterocycles. The van der Waals surface area contributed by atoms with Crippen LogP contribution in [0.15, 0.2) is 29.1 Å². The maximum absolute atomic E-state index is 12.7. The fourth-order valence-corrected chi connectivity index (χ4v) is 4.28. The van der Waals surface area contributed by atoms with Crippen LogP contribution < -0.4 is 10.9 Å². The molecule has 0 fully saturated rings. The number of nitrogens with one attached hydrogen (secondary N) is 2. The number of H-pyrrole nitrogens is 1. The van der Waals surface area contributed by atoms with E-state index in [1.807, 2.05) is 6.92 Å². The third kappa shape index (κ3) is 3.39. The molecule has 2 aromatic rings. The standard InChI is InChI=1S/C17H20N4O4S/c1-3-4-10(2)20-16-14(17(23)19-20)15(26-9-13(22)18-16)11-5-7-12(8-6-11)21(24)25/h5-8,10,15H,3-4,9H2,1-2H3,(H,18,22)(H,19,23). The van der Waals surface area contributed by atoms with Gasteiger partial charge in [-0.25, -0.2) is 0 Å². The molecule has 2 atom stereocenters. The first-order valence-electron chi connectivity index (χ1n) is 8.42. The largest absolute Gasteiger partial charge is 0.310 e. The summed E-state index contributed by atoms with van der Waals surface area (Å²) < 4.78 is 1.73. The van der Waals surface area contributed by atoms with Gasteiger partial charge >= 0.3 is 0 Å². The predicted molar refractivity (Wildman–Crippen MR) is 101 cm³/mol. The Balaban J connectivity index is 2.08. The summed E-state index contributed by atoms with van der Waals surface area (Å²) in [6.45, 7) is 4.05. The van der Waals surface area contributed by atoms with Crippen LogP contribution in [0.1, 0.15) is 49.1 Å². The maximum atomic E-state index is 12.7. The quantitative estimate of drug-likeness (QED) is 0.615. The van der Waals surface area contributed by atoms with Gasteiger partial charge in [-0.3, -0.25) is 29.5 Å². The molecule has 2 heterocycles. The van der Waals surface area contributed by atoms with Crippen molar-refractivity contribution in [1.82, 2.24) is 9.78 Å². The number of carbonyl (C=O) groups excluding carboxylic acids is 1. The number of fused-ring (bicyclic) bond motifs is 1. The molecule has 1 aromatic carbocycles. The number of nitrogens with zero attached hydrogens (tertiary/aromatic N) is 2. The van der Waals surface area contributed by atoms with Crippen LogP contribution in [0.5, 0.6) is 0 Å². The number of rotatable bonds is 5. The highest BCUT2D eigenvalue weighted by Crippen LogP contribution is 2.40. The Kier molecular flexibility index (Phi) is 5.17. The zero-order valence-electron chi connectivity index (χ0n) is 14.5. The summed E-state index contributed by atoms with van der Waals surface area (Å²) in [5.74, 6) is 0.532. The molecule has 1 amide bonds. The lowest BCUT2D eigenvalue weighted by Gasteiger charge is -2.17. The summed E-state index contributed by atoms with van der Waals surface area (Å²) in [6.07, 6.45) is 1.81. The number of nitro benzene ring substituents is 1. The monoisotopic (exact) mass is 376 g/mol. The number of non-ortho nitro benzene ring substituents is 1. The predicted octanol–water partition coefficient (Wildman–Crippen LogP) is 3.22. The molecule has 0 radical (unpaired) electrons. The van der Waals surface area contributed by atoms with Crippen LogP contribution in [0, 0.1) is 10.1 Å². The van der Waals surface area contributed by atoms with Gasteiger partial charge in [0.15, 0.2) is 0 Å². The van der Waals surface area contributed by atoms with E-state index in [0.717, 1.165) is 18.4 Å². The summed E-state index contributed by atoms with van der Waals surface area (Å²) >= 11 is 1.34. The average molecular weight is 376 g/mol. The smallest absolute Gasteiger partial charge is 0.270 e. The first-order valence-corrected chi connectivity index (χ1v) is 9.47. The molecule has 0 saturated carbocycles. The molecule has 0 saturated heterocycles. The highest BCUT2D eigenvalue weighted by atomic mass is 32.2. The van der Waals surface area contributed by atoms with Crippen molar-refractivity contribution in [3.8, 4) is 0 Å². The van der Waals surface area contributed by atoms with Crippen LogP contribution >= 0.6 is 11.8 Å². The van der Waals surface area contributed by atoms with Crippen molar-refractivity contribution < 1.29 is 9.72 Å². The van der Waals surface area contributed by atoms with Gasteiger partial charge in [-0.2, -0.15) is 0 Å². The van der Waals surface area contributed by atoms with Crippen LogP contribution in [-0.4, -0.2) is 26.4 Å². The number of anilines is 1. The topological polar surface area (TPSA) is 110 Å². The van der Waals surface area contributed by atoms with Gasteiger partial charge in [-0.15, -0.1) is 11.8 Å². The zero-order valence-corrected chi connectivity index (χ0v) is 15.3. The van der Waals surface area contributed by atoms with Crippen LogP contribution in [0.2, 0.25) is 0 Å². The van der Waals surface area contributed by atoms with Gasteiger partial charge < -0.3 is 5.32 Å². The van der Waals surface area contributed by atoms with Crippen molar-refractivity contribution >= 4 is 29.2 Å². The van der Waals surface area contributed by atoms with Crippen LogP contribution in [0.4, 0.5) is 11.5 Å². The normalized spacial score (nSPS) is 17.9. The minimum atomic E-state index is -0.462. The van der Waals surface area contributed by atoms with Gasteiger partial charge in [0.2, 0.25) is 5.91 Å². The van der Waals surface area contributed by atoms with Crippen molar-refractivity contribution in [1.29, 1.82) is 0 Å². The lowest BCUT2D eigenvalue weighted by Crippen LogP contribution is -2.18. The Morgan fingerprint density at radius 1 is 1.35 bits per heavy atom. The fourth-order valence-electron chi connectivity index (χ4n) is 3.16. The van der Waals surface area contributed by atoms with Crippen LogP contribution in [0.3, 0.4) is 0 Å². The van der Waals surface area contributed by atoms with Gasteiger partial charge in [0, 0.05) is 18.2 Å². The summed E-state index contributed by atoms with van der Waals surface area (Å²) in [5.41, 5.74) is 0.980. The van der Waals surface area contributed by atoms with Crippen molar-refractivity contribution in [2.75, 3.05) is 11.1 Å². The molecule has 1 aliphatic rings. The van der Waals surface area contributed by atoms with E-state index in [0.29, 0.717) is 11.4 Å². The van der Waals surface area contributed by atoms with E-state index in [1.165, 1.54) is 23.9 Å². The summed E-state index contributed by atoms with van der Waals surface area (Å²) in [6, 6.07) is 6.15. The van der Waals surface area contributed by atoms with E-state index >= 15 is 0 Å². The molecule has 8 nitrogen and oxygen atoms in total. The van der Waals surface area contributed by atoms with Crippen molar-refractivity contribution in [3.63, 3.8) is 0 Å². The first kappa shape index (κ1) is 18.2. The number of carbonyl (C=O) groups is 1. The molecule has 138 valence electrons. The molecule has 2 N–H and O–H groups in total. The summed E-state index contributed by atoms with van der Waals surface area (Å²) in [7, 11) is 0. The van der Waals surface area contributed by atoms with E-state index in [9.17, 15) is 19.7 Å². The van der Waals surface area contributed by atoms with Gasteiger partial charge in [0.25, 0.3) is 11.2 Å². The minimum absolute atomic E-state index is 0.00940. The number of amides is 1. The van der Waals surface area contributed by atoms with Crippen LogP contribution in [-0.2, 0) is 4.79 Å². The number of thioether (sulfide) groups is 1. The molecule has 2 unspecified atom stereocenters. The zero-order chi connectivity index (χ0) is 18.8. The molecule has 9 heteroatoms. The Labute approximate surface area is 154 Å². The second kappa shape index (κ2) is 7.36. The Bertz CT molecular complexity index is 887. The molecule has 0 aliphatic carbocycles. The van der Waals surface area contributed by atoms with E-state index in [-0.39, 0.29) is 34.2 Å². The number of aromatic amines is 1. The molecule has 26 heavy (non-hydrogen) atoms. The van der Waals surface area contributed by atoms with E-state index < -0.39 is 4.92 Å². The van der Waals surface area contributed by atoms with E-state index in [1.54, 1.807) is 16.8 Å². The maximum Gasteiger partial charge on any atom is 0.270 e. The van der Waals surface area contributed by atoms with Gasteiger partial charge in [0.05, 0.1) is 21.5 Å². The minimum Gasteiger partial charge on any atom is -0.310 e. The second-order valence-corrected chi connectivity index (χ2v) is 7.39. The van der Waals surface area contributed by atoms with Gasteiger partial charge in [-0.05, 0) is 18.9 Å². The lowest BCUT2D eigenvalue weighted by atomic mass is 10.1. The molecule has 1 aromatic heterocycles. The number of hydrogen-bond acceptors (Lipinski definition) is 5. The molecule has 0 bridgehead atoms. The SMILES string of the molecule is CCCC(C)n1[nH]c(=O)c2c1NC(=O)CSC2c1ccc([N+](=O)[O-])cc1. The lowest BCUT2D eigenvalue weighted by molar-refractivity contribution is -0.384. The third-order valence-electron chi connectivity index (χ3n) is 4.42. The third-order valence-corrected chi connectivity index (χ3v) is 5.69. The van der Waals surface area contributed by atoms with Crippen molar-refractivity contribution in [2.45, 2.75) is 38.0 Å². The summed E-state index contributed by atoms with van der Waals surface area (Å²) in [5, 5.41) is 16.2. The Morgan fingerprint density at radius 3 is 2.65 bits per heavy atom. The Morgan fingerprint density at radius 2 is 2.04 bits per heavy atom. The number of hydrogen-bond donors (Lipinski definition) is 2. The molecular weight excluding hydrogens is 356 g/mol. The van der Waals surface area contributed by atoms with Crippen LogP contribution in [0.25, 0.3) is 0 Å². The molecular formula is C17H20N4O4S. The van der Waals surface area contributed by atoms with Crippen molar-refractivity contribution in [2.24, 2.45) is 0 Å². The summed E-state index contributed by atoms with van der Waals surface area (Å²) in [4.78, 5) is 35.2. The highest BCUT2D eigenvalue weighted by molar-refractivity contribution is 8.00. The van der Waals surface area contributed by atoms with Gasteiger partial charge in [0.1, 0.15) is 5.82 Å². The fraction of sp³-hybridized carbons (Fsp3) is 0.412. The number of benzene rings is 1. The second-order valence-electron chi connectivity index (χ2n) is 6.30. The molecule has 3 rings (SSSR count). The Hall–Kier alpha value is -2.55. The first-order chi connectivity index (χ1) is 12.4. The van der Waals surface area contributed by atoms with Crippen molar-refractivity contribution in [3.05, 3.63) is 55.9 Å². The highest BCUT2D eigenvalue weighted by Gasteiger charge is 2.31. The van der Waals surface area contributed by atoms with E-state index in [4.69, 9.17) is 0 Å². The number of aromatic nitrogens is 2. The number of nitro groups is 1. The van der Waals surface area contributed by atoms with Gasteiger partial charge in [-0.1, -0.05) is 25.5 Å².